The van der Waals surface area contributed by atoms with Gasteiger partial charge in [-0.2, -0.15) is 0 Å². The van der Waals surface area contributed by atoms with Crippen LogP contribution >= 0.6 is 11.3 Å². The van der Waals surface area contributed by atoms with Crippen LogP contribution in [0.25, 0.3) is 6.08 Å². The van der Waals surface area contributed by atoms with E-state index in [-0.39, 0.29) is 17.7 Å². The Bertz CT molecular complexity index is 1550. The second-order valence-corrected chi connectivity index (χ2v) is 9.62. The normalized spacial score (nSPS) is 15.1. The van der Waals surface area contributed by atoms with Gasteiger partial charge in [0.1, 0.15) is 5.76 Å². The van der Waals surface area contributed by atoms with Crippen LogP contribution in [-0.2, 0) is 9.53 Å². The van der Waals surface area contributed by atoms with E-state index < -0.39 is 12.0 Å². The number of nitrogens with zero attached hydrogens (tertiary/aromatic N) is 3. The molecule has 0 bridgehead atoms. The first-order valence-electron chi connectivity index (χ1n) is 12.7. The zero-order valence-corrected chi connectivity index (χ0v) is 24.0. The van der Waals surface area contributed by atoms with Gasteiger partial charge in [0.2, 0.25) is 5.75 Å². The Morgan fingerprint density at radius 1 is 1.10 bits per heavy atom. The number of anilines is 1. The number of allylic oxidation sites excluding steroid dienone is 1. The largest absolute Gasteiger partial charge is 0.493 e. The van der Waals surface area contributed by atoms with Gasteiger partial charge in [-0.1, -0.05) is 11.3 Å². The minimum absolute atomic E-state index is 0.176. The van der Waals surface area contributed by atoms with Gasteiger partial charge in [0, 0.05) is 25.2 Å². The molecule has 0 aliphatic carbocycles. The summed E-state index contributed by atoms with van der Waals surface area (Å²) in [6.07, 6.45) is 1.70. The van der Waals surface area contributed by atoms with Crippen molar-refractivity contribution in [3.8, 4) is 17.2 Å². The number of aromatic nitrogens is 1. The molecule has 11 heteroatoms. The van der Waals surface area contributed by atoms with Crippen LogP contribution in [0.5, 0.6) is 17.2 Å². The Balaban J connectivity index is 1.95. The van der Waals surface area contributed by atoms with E-state index in [1.807, 2.05) is 12.1 Å². The van der Waals surface area contributed by atoms with Crippen LogP contribution in [-0.4, -0.2) is 51.6 Å². The third-order valence-electron chi connectivity index (χ3n) is 6.48. The van der Waals surface area contributed by atoms with Gasteiger partial charge >= 0.3 is 5.97 Å². The molecule has 0 saturated carbocycles. The molecular formula is C28H33N3O7S. The zero-order valence-electron chi connectivity index (χ0n) is 23.2. The summed E-state index contributed by atoms with van der Waals surface area (Å²) in [5.74, 6) is 1.92. The van der Waals surface area contributed by atoms with Gasteiger partial charge < -0.3 is 28.3 Å². The van der Waals surface area contributed by atoms with Gasteiger partial charge in [0.15, 0.2) is 22.2 Å². The highest BCUT2D eigenvalue weighted by Gasteiger charge is 2.34. The molecule has 1 aromatic carbocycles. The summed E-state index contributed by atoms with van der Waals surface area (Å²) in [5, 5.41) is 0. The molecule has 10 nitrogen and oxygen atoms in total. The number of carbonyl (C=O) groups excluding carboxylic acids is 1. The second kappa shape index (κ2) is 11.8. The molecule has 0 amide bonds. The first-order chi connectivity index (χ1) is 18.8. The van der Waals surface area contributed by atoms with E-state index in [2.05, 4.69) is 23.7 Å². The molecule has 1 aliphatic rings. The predicted molar refractivity (Wildman–Crippen MR) is 149 cm³/mol. The Labute approximate surface area is 230 Å². The maximum atomic E-state index is 13.9. The van der Waals surface area contributed by atoms with Crippen molar-refractivity contribution >= 4 is 29.3 Å². The highest BCUT2D eigenvalue weighted by atomic mass is 32.1. The molecule has 0 spiro atoms. The van der Waals surface area contributed by atoms with Crippen molar-refractivity contribution in [1.82, 2.24) is 4.57 Å². The van der Waals surface area contributed by atoms with Crippen LogP contribution in [0.3, 0.4) is 0 Å². The molecule has 0 N–H and O–H groups in total. The smallest absolute Gasteiger partial charge is 0.338 e. The minimum atomic E-state index is -0.834. The molecule has 1 unspecified atom stereocenters. The second-order valence-electron chi connectivity index (χ2n) is 8.61. The van der Waals surface area contributed by atoms with Crippen molar-refractivity contribution in [3.63, 3.8) is 0 Å². The number of benzene rings is 1. The molecule has 2 aromatic heterocycles. The lowest BCUT2D eigenvalue weighted by Crippen LogP contribution is -2.40. The fraction of sp³-hybridized carbons (Fsp3) is 0.393. The van der Waals surface area contributed by atoms with Gasteiger partial charge in [0.25, 0.3) is 5.56 Å². The maximum Gasteiger partial charge on any atom is 0.338 e. The van der Waals surface area contributed by atoms with E-state index in [1.165, 1.54) is 37.2 Å². The lowest BCUT2D eigenvalue weighted by molar-refractivity contribution is -0.139. The monoisotopic (exact) mass is 555 g/mol. The molecule has 3 heterocycles. The average Bonchev–Trinajstić information content (AvgIpc) is 3.51. The number of esters is 1. The topological polar surface area (TPSA) is 105 Å². The average molecular weight is 556 g/mol. The summed E-state index contributed by atoms with van der Waals surface area (Å²) in [4.78, 5) is 34.2. The Hall–Kier alpha value is -3.99. The molecule has 0 radical (unpaired) electrons. The van der Waals surface area contributed by atoms with E-state index in [9.17, 15) is 9.59 Å². The molecule has 1 atom stereocenters. The number of carbonyl (C=O) groups is 1. The standard InChI is InChI=1S/C28H33N3O7S/c1-8-30(9-2)22-12-11-18(38-22)15-21-26(32)31-24(17-13-19(34-5)25(36-7)20(14-17)35-6)23(27(33)37-10-3)16(4)29-28(31)39-21/h11-15,24H,8-10H2,1-7H3. The van der Waals surface area contributed by atoms with Crippen molar-refractivity contribution in [2.24, 2.45) is 4.99 Å². The minimum Gasteiger partial charge on any atom is -0.493 e. The molecule has 3 aromatic rings. The van der Waals surface area contributed by atoms with Gasteiger partial charge in [-0.15, -0.1) is 0 Å². The number of furan rings is 1. The fourth-order valence-corrected chi connectivity index (χ4v) is 5.65. The molecule has 1 aliphatic heterocycles. The third-order valence-corrected chi connectivity index (χ3v) is 7.46. The number of ether oxygens (including phenoxy) is 4. The molecule has 4 rings (SSSR count). The quantitative estimate of drug-likeness (QED) is 0.351. The molecule has 0 fully saturated rings. The first-order valence-corrected chi connectivity index (χ1v) is 13.5. The fourth-order valence-electron chi connectivity index (χ4n) is 4.62. The number of hydrogen-bond donors (Lipinski definition) is 0. The molecule has 39 heavy (non-hydrogen) atoms. The van der Waals surface area contributed by atoms with Crippen molar-refractivity contribution in [3.05, 3.63) is 66.5 Å². The van der Waals surface area contributed by atoms with E-state index in [1.54, 1.807) is 32.1 Å². The summed E-state index contributed by atoms with van der Waals surface area (Å²) in [6, 6.07) is 6.34. The zero-order chi connectivity index (χ0) is 28.3. The number of thiazole rings is 1. The number of methoxy groups -OCH3 is 3. The van der Waals surface area contributed by atoms with E-state index in [4.69, 9.17) is 23.4 Å². The van der Waals surface area contributed by atoms with Crippen LogP contribution < -0.4 is 34.0 Å². The van der Waals surface area contributed by atoms with Gasteiger partial charge in [-0.05, 0) is 51.5 Å². The molecule has 0 saturated heterocycles. The summed E-state index contributed by atoms with van der Waals surface area (Å²) in [6.45, 7) is 9.35. The summed E-state index contributed by atoms with van der Waals surface area (Å²) >= 11 is 1.22. The number of fused-ring (bicyclic) bond motifs is 1. The van der Waals surface area contributed by atoms with Crippen molar-refractivity contribution in [2.75, 3.05) is 45.9 Å². The van der Waals surface area contributed by atoms with Crippen LogP contribution in [0, 0.1) is 0 Å². The summed E-state index contributed by atoms with van der Waals surface area (Å²) < 4.78 is 29.9. The van der Waals surface area contributed by atoms with Crippen molar-refractivity contribution in [2.45, 2.75) is 33.7 Å². The Morgan fingerprint density at radius 2 is 1.77 bits per heavy atom. The van der Waals surface area contributed by atoms with E-state index in [0.717, 1.165) is 19.0 Å². The third kappa shape index (κ3) is 5.18. The Morgan fingerprint density at radius 3 is 2.33 bits per heavy atom. The lowest BCUT2D eigenvalue weighted by atomic mass is 9.95. The SMILES string of the molecule is CCOC(=O)C1=C(C)N=c2sc(=Cc3ccc(N(CC)CC)o3)c(=O)n2C1c1cc(OC)c(OC)c(OC)c1. The maximum absolute atomic E-state index is 13.9. The van der Waals surface area contributed by atoms with Gasteiger partial charge in [0.05, 0.1) is 49.8 Å². The van der Waals surface area contributed by atoms with E-state index >= 15 is 0 Å². The van der Waals surface area contributed by atoms with Crippen molar-refractivity contribution in [1.29, 1.82) is 0 Å². The van der Waals surface area contributed by atoms with Crippen LogP contribution in [0.1, 0.15) is 45.1 Å². The highest BCUT2D eigenvalue weighted by Crippen LogP contribution is 2.42. The first kappa shape index (κ1) is 28.0. The summed E-state index contributed by atoms with van der Waals surface area (Å²) in [5.41, 5.74) is 0.984. The van der Waals surface area contributed by atoms with Crippen molar-refractivity contribution < 1.29 is 28.2 Å². The van der Waals surface area contributed by atoms with Crippen LogP contribution in [0.15, 0.2) is 49.7 Å². The van der Waals surface area contributed by atoms with Crippen LogP contribution in [0.2, 0.25) is 0 Å². The molecular weight excluding hydrogens is 522 g/mol. The molecule has 208 valence electrons. The number of rotatable bonds is 10. The summed E-state index contributed by atoms with van der Waals surface area (Å²) in [7, 11) is 4.53. The van der Waals surface area contributed by atoms with Crippen LogP contribution in [0.4, 0.5) is 5.88 Å². The lowest BCUT2D eigenvalue weighted by Gasteiger charge is -2.26. The predicted octanol–water partition coefficient (Wildman–Crippen LogP) is 3.26. The van der Waals surface area contributed by atoms with Gasteiger partial charge in [-0.25, -0.2) is 9.79 Å². The number of hydrogen-bond acceptors (Lipinski definition) is 10. The Kier molecular flexibility index (Phi) is 8.49. The highest BCUT2D eigenvalue weighted by molar-refractivity contribution is 7.07. The van der Waals surface area contributed by atoms with Gasteiger partial charge in [-0.3, -0.25) is 9.36 Å². The van der Waals surface area contributed by atoms with E-state index in [0.29, 0.717) is 43.6 Å².